The molecule has 0 saturated heterocycles. The summed E-state index contributed by atoms with van der Waals surface area (Å²) >= 11 is 0. The third-order valence-electron chi connectivity index (χ3n) is 3.67. The predicted molar refractivity (Wildman–Crippen MR) is 91.0 cm³/mol. The van der Waals surface area contributed by atoms with Crippen molar-refractivity contribution in [2.75, 3.05) is 5.32 Å². The number of rotatable bonds is 5. The largest absolute Gasteiger partial charge is 0.507 e. The number of benzene rings is 2. The molecule has 2 aromatic rings. The molecule has 3 N–H and O–H groups in total. The van der Waals surface area contributed by atoms with Gasteiger partial charge in [-0.05, 0) is 49.2 Å². The second-order valence-corrected chi connectivity index (χ2v) is 5.60. The van der Waals surface area contributed by atoms with Crippen LogP contribution in [0.5, 0.6) is 5.75 Å². The van der Waals surface area contributed by atoms with E-state index in [9.17, 15) is 14.7 Å². The van der Waals surface area contributed by atoms with Crippen LogP contribution in [0, 0.1) is 5.92 Å². The lowest BCUT2D eigenvalue weighted by molar-refractivity contribution is -0.117. The smallest absolute Gasteiger partial charge is 0.271 e. The van der Waals surface area contributed by atoms with Crippen LogP contribution in [-0.4, -0.2) is 23.1 Å². The van der Waals surface area contributed by atoms with Crippen LogP contribution in [0.25, 0.3) is 0 Å². The summed E-state index contributed by atoms with van der Waals surface area (Å²) in [5.41, 5.74) is 4.00. The molecule has 1 aliphatic rings. The minimum atomic E-state index is -0.373. The van der Waals surface area contributed by atoms with Crippen LogP contribution in [0.3, 0.4) is 0 Å². The van der Waals surface area contributed by atoms with Gasteiger partial charge in [0.1, 0.15) is 5.75 Å². The SMILES string of the molecule is O=C(N/N=C/c1ccccc1O)c1ccc(NC(=O)C2CC2)cc1. The van der Waals surface area contributed by atoms with Gasteiger partial charge in [-0.3, -0.25) is 9.59 Å². The van der Waals surface area contributed by atoms with Crippen molar-refractivity contribution in [1.29, 1.82) is 0 Å². The van der Waals surface area contributed by atoms with Crippen LogP contribution >= 0.6 is 0 Å². The lowest BCUT2D eigenvalue weighted by Gasteiger charge is -2.05. The highest BCUT2D eigenvalue weighted by molar-refractivity contribution is 5.97. The lowest BCUT2D eigenvalue weighted by atomic mass is 10.2. The summed E-state index contributed by atoms with van der Waals surface area (Å²) in [7, 11) is 0. The third kappa shape index (κ3) is 3.98. The van der Waals surface area contributed by atoms with Crippen LogP contribution in [-0.2, 0) is 4.79 Å². The van der Waals surface area contributed by atoms with Crippen molar-refractivity contribution in [2.45, 2.75) is 12.8 Å². The molecule has 0 bridgehead atoms. The molecule has 6 heteroatoms. The van der Waals surface area contributed by atoms with Crippen molar-refractivity contribution in [3.05, 3.63) is 59.7 Å². The van der Waals surface area contributed by atoms with Crippen molar-refractivity contribution in [3.8, 4) is 5.75 Å². The maximum atomic E-state index is 12.0. The van der Waals surface area contributed by atoms with Crippen LogP contribution in [0.1, 0.15) is 28.8 Å². The summed E-state index contributed by atoms with van der Waals surface area (Å²) in [6, 6.07) is 13.3. The average Bonchev–Trinajstić information content (AvgIpc) is 3.42. The van der Waals surface area contributed by atoms with Gasteiger partial charge in [-0.2, -0.15) is 5.10 Å². The quantitative estimate of drug-likeness (QED) is 0.583. The van der Waals surface area contributed by atoms with E-state index in [1.807, 2.05) is 0 Å². The van der Waals surface area contributed by atoms with E-state index in [4.69, 9.17) is 0 Å². The minimum Gasteiger partial charge on any atom is -0.507 e. The van der Waals surface area contributed by atoms with Gasteiger partial charge >= 0.3 is 0 Å². The maximum Gasteiger partial charge on any atom is 0.271 e. The number of phenols is 1. The van der Waals surface area contributed by atoms with Gasteiger partial charge in [-0.1, -0.05) is 12.1 Å². The molecule has 122 valence electrons. The van der Waals surface area contributed by atoms with Crippen molar-refractivity contribution in [3.63, 3.8) is 0 Å². The zero-order valence-corrected chi connectivity index (χ0v) is 12.9. The number of carbonyl (C=O) groups excluding carboxylic acids is 2. The Hall–Kier alpha value is -3.15. The van der Waals surface area contributed by atoms with E-state index in [1.54, 1.807) is 42.5 Å². The Morgan fingerprint density at radius 2 is 1.79 bits per heavy atom. The van der Waals surface area contributed by atoms with E-state index >= 15 is 0 Å². The lowest BCUT2D eigenvalue weighted by Crippen LogP contribution is -2.18. The molecule has 0 unspecified atom stereocenters. The highest BCUT2D eigenvalue weighted by Crippen LogP contribution is 2.30. The van der Waals surface area contributed by atoms with E-state index < -0.39 is 0 Å². The first kappa shape index (κ1) is 15.7. The molecule has 0 aromatic heterocycles. The van der Waals surface area contributed by atoms with Gasteiger partial charge in [-0.15, -0.1) is 0 Å². The molecular formula is C18H17N3O3. The number of amides is 2. The molecular weight excluding hydrogens is 306 g/mol. The molecule has 0 heterocycles. The summed E-state index contributed by atoms with van der Waals surface area (Å²) in [6.45, 7) is 0. The van der Waals surface area contributed by atoms with Gasteiger partial charge in [-0.25, -0.2) is 5.43 Å². The Bertz CT molecular complexity index is 780. The first-order valence-electron chi connectivity index (χ1n) is 7.66. The molecule has 6 nitrogen and oxygen atoms in total. The molecule has 0 radical (unpaired) electrons. The number of hydrogen-bond acceptors (Lipinski definition) is 4. The number of aromatic hydroxyl groups is 1. The van der Waals surface area contributed by atoms with Gasteiger partial charge in [0.2, 0.25) is 5.91 Å². The van der Waals surface area contributed by atoms with Crippen molar-refractivity contribution in [2.24, 2.45) is 11.0 Å². The molecule has 0 aliphatic heterocycles. The van der Waals surface area contributed by atoms with E-state index in [1.165, 1.54) is 12.3 Å². The van der Waals surface area contributed by atoms with Crippen LogP contribution in [0.2, 0.25) is 0 Å². The molecule has 0 spiro atoms. The highest BCUT2D eigenvalue weighted by Gasteiger charge is 2.29. The highest BCUT2D eigenvalue weighted by atomic mass is 16.3. The zero-order chi connectivity index (χ0) is 16.9. The summed E-state index contributed by atoms with van der Waals surface area (Å²) in [6.07, 6.45) is 3.26. The summed E-state index contributed by atoms with van der Waals surface area (Å²) in [5, 5.41) is 16.2. The standard InChI is InChI=1S/C18H17N3O3/c22-16-4-2-1-3-14(16)11-19-21-18(24)13-7-9-15(10-8-13)20-17(23)12-5-6-12/h1-4,7-12,22H,5-6H2,(H,20,23)(H,21,24)/b19-11+. The van der Waals surface area contributed by atoms with Crippen molar-refractivity contribution < 1.29 is 14.7 Å². The third-order valence-corrected chi connectivity index (χ3v) is 3.67. The number of nitrogens with one attached hydrogen (secondary N) is 2. The fraction of sp³-hybridized carbons (Fsp3) is 0.167. The number of hydrogen-bond donors (Lipinski definition) is 3. The van der Waals surface area contributed by atoms with E-state index in [2.05, 4.69) is 15.8 Å². The van der Waals surface area contributed by atoms with Gasteiger partial charge in [0, 0.05) is 22.7 Å². The Morgan fingerprint density at radius 1 is 1.08 bits per heavy atom. The predicted octanol–water partition coefficient (Wildman–Crippen LogP) is 2.50. The minimum absolute atomic E-state index is 0.0273. The number of nitrogens with zero attached hydrogens (tertiary/aromatic N) is 1. The molecule has 1 aliphatic carbocycles. The Balaban J connectivity index is 1.56. The van der Waals surface area contributed by atoms with Crippen LogP contribution in [0.15, 0.2) is 53.6 Å². The Kier molecular flexibility index (Phi) is 4.56. The second-order valence-electron chi connectivity index (χ2n) is 5.60. The van der Waals surface area contributed by atoms with Gasteiger partial charge in [0.05, 0.1) is 6.21 Å². The molecule has 1 fully saturated rings. The van der Waals surface area contributed by atoms with E-state index in [-0.39, 0.29) is 23.5 Å². The first-order valence-corrected chi connectivity index (χ1v) is 7.66. The van der Waals surface area contributed by atoms with E-state index in [0.29, 0.717) is 16.8 Å². The average molecular weight is 323 g/mol. The molecule has 2 aromatic carbocycles. The number of phenolic OH excluding ortho intramolecular Hbond substituents is 1. The number of carbonyl (C=O) groups is 2. The number of hydrazone groups is 1. The molecule has 24 heavy (non-hydrogen) atoms. The normalized spacial score (nSPS) is 13.7. The van der Waals surface area contributed by atoms with Gasteiger partial charge < -0.3 is 10.4 Å². The topological polar surface area (TPSA) is 90.8 Å². The van der Waals surface area contributed by atoms with Crippen molar-refractivity contribution >= 4 is 23.7 Å². The summed E-state index contributed by atoms with van der Waals surface area (Å²) in [5.74, 6) is -0.121. The first-order chi connectivity index (χ1) is 11.6. The summed E-state index contributed by atoms with van der Waals surface area (Å²) in [4.78, 5) is 23.7. The maximum absolute atomic E-state index is 12.0. The molecule has 2 amide bonds. The zero-order valence-electron chi connectivity index (χ0n) is 12.9. The Morgan fingerprint density at radius 3 is 2.46 bits per heavy atom. The van der Waals surface area contributed by atoms with Gasteiger partial charge in [0.15, 0.2) is 0 Å². The second kappa shape index (κ2) is 6.95. The fourth-order valence-corrected chi connectivity index (χ4v) is 2.12. The fourth-order valence-electron chi connectivity index (χ4n) is 2.12. The summed E-state index contributed by atoms with van der Waals surface area (Å²) < 4.78 is 0. The Labute approximate surface area is 139 Å². The van der Waals surface area contributed by atoms with Crippen molar-refractivity contribution in [1.82, 2.24) is 5.43 Å². The van der Waals surface area contributed by atoms with E-state index in [0.717, 1.165) is 12.8 Å². The number of para-hydroxylation sites is 1. The van der Waals surface area contributed by atoms with Gasteiger partial charge in [0.25, 0.3) is 5.91 Å². The molecule has 3 rings (SSSR count). The molecule has 1 saturated carbocycles. The number of anilines is 1. The molecule has 0 atom stereocenters. The van der Waals surface area contributed by atoms with Crippen LogP contribution < -0.4 is 10.7 Å². The monoisotopic (exact) mass is 323 g/mol. The van der Waals surface area contributed by atoms with Crippen LogP contribution in [0.4, 0.5) is 5.69 Å².